The molecule has 0 heterocycles. The zero-order chi connectivity index (χ0) is 13.8. The quantitative estimate of drug-likeness (QED) is 0.561. The van der Waals surface area contributed by atoms with Crippen molar-refractivity contribution in [1.82, 2.24) is 0 Å². The molecule has 1 unspecified atom stereocenters. The van der Waals surface area contributed by atoms with Crippen molar-refractivity contribution < 1.29 is 0 Å². The molecule has 0 radical (unpaired) electrons. The summed E-state index contributed by atoms with van der Waals surface area (Å²) in [5.74, 6) is 0. The van der Waals surface area contributed by atoms with Crippen LogP contribution in [-0.4, -0.2) is 0 Å². The van der Waals surface area contributed by atoms with Crippen LogP contribution >= 0.6 is 47.8 Å². The van der Waals surface area contributed by atoms with Gasteiger partial charge in [0.15, 0.2) is 0 Å². The molecule has 0 aromatic heterocycles. The number of rotatable bonds is 4. The summed E-state index contributed by atoms with van der Waals surface area (Å²) in [5.41, 5.74) is 2.39. The van der Waals surface area contributed by atoms with Gasteiger partial charge in [0.1, 0.15) is 0 Å². The van der Waals surface area contributed by atoms with Crippen LogP contribution in [0, 0.1) is 0 Å². The van der Waals surface area contributed by atoms with Gasteiger partial charge in [0.05, 0.1) is 6.04 Å². The van der Waals surface area contributed by atoms with E-state index in [1.807, 2.05) is 12.1 Å². The zero-order valence-electron chi connectivity index (χ0n) is 10.5. The fourth-order valence-corrected chi connectivity index (χ4v) is 3.52. The lowest BCUT2D eigenvalue weighted by Gasteiger charge is -2.20. The summed E-state index contributed by atoms with van der Waals surface area (Å²) in [6.45, 7) is 2.19. The van der Waals surface area contributed by atoms with Crippen LogP contribution in [0.1, 0.15) is 24.9 Å². The first-order valence-electron chi connectivity index (χ1n) is 6.07. The number of hydrogen-bond donors (Lipinski definition) is 1. The van der Waals surface area contributed by atoms with Gasteiger partial charge in [0.25, 0.3) is 0 Å². The standard InChI is InChI=1S/C15H14Br3N/c1-2-14(10-4-3-5-11(16)8-10)19-15-7-6-12(17)9-13(15)18/h3-9,14,19H,2H2,1H3. The topological polar surface area (TPSA) is 12.0 Å². The fourth-order valence-electron chi connectivity index (χ4n) is 1.94. The Morgan fingerprint density at radius 2 is 1.74 bits per heavy atom. The van der Waals surface area contributed by atoms with Gasteiger partial charge in [-0.15, -0.1) is 0 Å². The van der Waals surface area contributed by atoms with Crippen molar-refractivity contribution in [3.8, 4) is 0 Å². The third kappa shape index (κ3) is 4.07. The molecular weight excluding hydrogens is 434 g/mol. The number of hydrogen-bond acceptors (Lipinski definition) is 1. The summed E-state index contributed by atoms with van der Waals surface area (Å²) < 4.78 is 3.25. The minimum absolute atomic E-state index is 0.301. The Balaban J connectivity index is 2.24. The van der Waals surface area contributed by atoms with E-state index >= 15 is 0 Å². The second-order valence-electron chi connectivity index (χ2n) is 4.28. The second-order valence-corrected chi connectivity index (χ2v) is 6.97. The van der Waals surface area contributed by atoms with Crippen molar-refractivity contribution in [2.75, 3.05) is 5.32 Å². The van der Waals surface area contributed by atoms with Crippen LogP contribution in [0.25, 0.3) is 0 Å². The summed E-state index contributed by atoms with van der Waals surface area (Å²) in [4.78, 5) is 0. The van der Waals surface area contributed by atoms with Gasteiger partial charge in [0.2, 0.25) is 0 Å². The van der Waals surface area contributed by atoms with Crippen molar-refractivity contribution in [3.63, 3.8) is 0 Å². The Bertz CT molecular complexity index is 569. The second kappa shape index (κ2) is 6.91. The Kier molecular flexibility index (Phi) is 5.48. The third-order valence-electron chi connectivity index (χ3n) is 2.92. The minimum Gasteiger partial charge on any atom is -0.377 e. The Morgan fingerprint density at radius 3 is 2.37 bits per heavy atom. The molecule has 1 atom stereocenters. The normalized spacial score (nSPS) is 12.2. The first-order chi connectivity index (χ1) is 9.10. The first kappa shape index (κ1) is 15.1. The number of nitrogens with one attached hydrogen (secondary N) is 1. The van der Waals surface area contributed by atoms with Crippen LogP contribution < -0.4 is 5.32 Å². The summed E-state index contributed by atoms with van der Waals surface area (Å²) in [6.07, 6.45) is 1.03. The van der Waals surface area contributed by atoms with Gasteiger partial charge in [0, 0.05) is 19.1 Å². The Labute approximate surface area is 139 Å². The molecule has 0 aliphatic carbocycles. The molecule has 0 amide bonds. The summed E-state index contributed by atoms with van der Waals surface area (Å²) in [5, 5.41) is 3.58. The molecule has 2 aromatic rings. The van der Waals surface area contributed by atoms with E-state index in [9.17, 15) is 0 Å². The molecule has 19 heavy (non-hydrogen) atoms. The molecule has 100 valence electrons. The monoisotopic (exact) mass is 445 g/mol. The lowest BCUT2D eigenvalue weighted by atomic mass is 10.0. The van der Waals surface area contributed by atoms with Crippen molar-refractivity contribution in [3.05, 3.63) is 61.4 Å². The van der Waals surface area contributed by atoms with Crippen LogP contribution in [0.3, 0.4) is 0 Å². The van der Waals surface area contributed by atoms with Gasteiger partial charge in [-0.25, -0.2) is 0 Å². The lowest BCUT2D eigenvalue weighted by Crippen LogP contribution is -2.10. The highest BCUT2D eigenvalue weighted by Crippen LogP contribution is 2.31. The SMILES string of the molecule is CCC(Nc1ccc(Br)cc1Br)c1cccc(Br)c1. The molecule has 0 aliphatic rings. The summed E-state index contributed by atoms with van der Waals surface area (Å²) in [7, 11) is 0. The van der Waals surface area contributed by atoms with Crippen molar-refractivity contribution in [1.29, 1.82) is 0 Å². The largest absolute Gasteiger partial charge is 0.377 e. The molecule has 1 N–H and O–H groups in total. The van der Waals surface area contributed by atoms with E-state index in [4.69, 9.17) is 0 Å². The van der Waals surface area contributed by atoms with Crippen LogP contribution in [-0.2, 0) is 0 Å². The van der Waals surface area contributed by atoms with Gasteiger partial charge >= 0.3 is 0 Å². The molecule has 0 saturated carbocycles. The molecule has 0 bridgehead atoms. The lowest BCUT2D eigenvalue weighted by molar-refractivity contribution is 0.748. The van der Waals surface area contributed by atoms with E-state index in [2.05, 4.69) is 90.4 Å². The Hall–Kier alpha value is -0.320. The average Bonchev–Trinajstić information content (AvgIpc) is 2.38. The van der Waals surface area contributed by atoms with Gasteiger partial charge in [-0.05, 0) is 58.2 Å². The van der Waals surface area contributed by atoms with Gasteiger partial charge in [-0.2, -0.15) is 0 Å². The summed E-state index contributed by atoms with van der Waals surface area (Å²) in [6, 6.07) is 14.9. The van der Waals surface area contributed by atoms with Gasteiger partial charge in [-0.1, -0.05) is 50.9 Å². The van der Waals surface area contributed by atoms with Crippen LogP contribution in [0.5, 0.6) is 0 Å². The van der Waals surface area contributed by atoms with Gasteiger partial charge < -0.3 is 5.32 Å². The molecule has 0 saturated heterocycles. The van der Waals surface area contributed by atoms with E-state index in [0.29, 0.717) is 6.04 Å². The van der Waals surface area contributed by atoms with Crippen molar-refractivity contribution in [2.24, 2.45) is 0 Å². The third-order valence-corrected chi connectivity index (χ3v) is 4.56. The molecular formula is C15H14Br3N. The molecule has 0 spiro atoms. The molecule has 4 heteroatoms. The number of halogens is 3. The first-order valence-corrected chi connectivity index (χ1v) is 8.45. The van der Waals surface area contributed by atoms with Crippen LogP contribution in [0.2, 0.25) is 0 Å². The number of benzene rings is 2. The van der Waals surface area contributed by atoms with Crippen molar-refractivity contribution in [2.45, 2.75) is 19.4 Å². The summed E-state index contributed by atoms with van der Waals surface area (Å²) >= 11 is 10.6. The van der Waals surface area contributed by atoms with E-state index < -0.39 is 0 Å². The maximum absolute atomic E-state index is 3.59. The predicted octanol–water partition coefficient (Wildman–Crippen LogP) is 6.54. The van der Waals surface area contributed by atoms with E-state index in [1.54, 1.807) is 0 Å². The number of anilines is 1. The van der Waals surface area contributed by atoms with Crippen LogP contribution in [0.15, 0.2) is 55.9 Å². The molecule has 2 aromatic carbocycles. The molecule has 0 aliphatic heterocycles. The average molecular weight is 448 g/mol. The zero-order valence-corrected chi connectivity index (χ0v) is 15.2. The highest BCUT2D eigenvalue weighted by atomic mass is 79.9. The fraction of sp³-hybridized carbons (Fsp3) is 0.200. The van der Waals surface area contributed by atoms with E-state index in [-0.39, 0.29) is 0 Å². The van der Waals surface area contributed by atoms with E-state index in [0.717, 1.165) is 25.5 Å². The van der Waals surface area contributed by atoms with Gasteiger partial charge in [-0.3, -0.25) is 0 Å². The highest BCUT2D eigenvalue weighted by Gasteiger charge is 2.11. The molecule has 2 rings (SSSR count). The Morgan fingerprint density at radius 1 is 1.00 bits per heavy atom. The van der Waals surface area contributed by atoms with Crippen LogP contribution in [0.4, 0.5) is 5.69 Å². The highest BCUT2D eigenvalue weighted by molar-refractivity contribution is 9.11. The predicted molar refractivity (Wildman–Crippen MR) is 92.6 cm³/mol. The molecule has 0 fully saturated rings. The molecule has 1 nitrogen and oxygen atoms in total. The van der Waals surface area contributed by atoms with Crippen molar-refractivity contribution >= 4 is 53.5 Å². The maximum atomic E-state index is 3.59. The van der Waals surface area contributed by atoms with E-state index in [1.165, 1.54) is 5.56 Å². The minimum atomic E-state index is 0.301. The smallest absolute Gasteiger partial charge is 0.0512 e. The maximum Gasteiger partial charge on any atom is 0.0512 e.